The number of hydrogen-bond acceptors (Lipinski definition) is 8. The van der Waals surface area contributed by atoms with Gasteiger partial charge in [0.15, 0.2) is 0 Å². The molecule has 0 amide bonds. The molecule has 1 spiro atoms. The molecule has 2 aliphatic rings. The zero-order valence-electron chi connectivity index (χ0n) is 29.8. The van der Waals surface area contributed by atoms with Crippen LogP contribution in [0.4, 0.5) is 0 Å². The molecule has 0 saturated carbocycles. The molecule has 10 nitrogen and oxygen atoms in total. The highest BCUT2D eigenvalue weighted by atomic mass is 28.3. The summed E-state index contributed by atoms with van der Waals surface area (Å²) >= 11 is 0. The van der Waals surface area contributed by atoms with Crippen LogP contribution in [0.5, 0.6) is 0 Å². The van der Waals surface area contributed by atoms with E-state index in [9.17, 15) is 4.79 Å². The van der Waals surface area contributed by atoms with Crippen LogP contribution in [0.25, 0.3) is 0 Å². The van der Waals surface area contributed by atoms with Crippen molar-refractivity contribution in [2.24, 2.45) is 11.3 Å². The van der Waals surface area contributed by atoms with Gasteiger partial charge in [0.25, 0.3) is 0 Å². The largest absolute Gasteiger partial charge is 0.466 e. The minimum Gasteiger partial charge on any atom is -0.466 e. The molecule has 46 heavy (non-hydrogen) atoms. The second-order valence-corrected chi connectivity index (χ2v) is 21.0. The van der Waals surface area contributed by atoms with Gasteiger partial charge in [-0.1, -0.05) is 33.5 Å². The highest BCUT2D eigenvalue weighted by molar-refractivity contribution is 6.76. The molecule has 1 atom stereocenters. The number of aromatic nitrogens is 4. The van der Waals surface area contributed by atoms with Gasteiger partial charge in [-0.25, -0.2) is 9.97 Å². The molecule has 260 valence electrons. The van der Waals surface area contributed by atoms with Crippen LogP contribution in [-0.4, -0.2) is 102 Å². The van der Waals surface area contributed by atoms with Crippen LogP contribution in [0.15, 0.2) is 24.8 Å². The van der Waals surface area contributed by atoms with Crippen LogP contribution in [0.2, 0.25) is 25.7 Å². The molecule has 2 aromatic rings. The molecular formula is C35H63N7O3Si. The van der Waals surface area contributed by atoms with Gasteiger partial charge in [0.2, 0.25) is 0 Å². The number of carbonyl (C=O) groups is 1. The Morgan fingerprint density at radius 3 is 2.43 bits per heavy atom. The van der Waals surface area contributed by atoms with E-state index in [0.29, 0.717) is 38.1 Å². The van der Waals surface area contributed by atoms with Gasteiger partial charge in [0, 0.05) is 71.9 Å². The topological polar surface area (TPSA) is 89.7 Å². The number of imidazole rings is 2. The maximum atomic E-state index is 11.9. The smallest absolute Gasteiger partial charge is 0.305 e. The van der Waals surface area contributed by atoms with Gasteiger partial charge in [0.1, 0.15) is 18.4 Å². The molecule has 2 aromatic heterocycles. The number of nitrogens with zero attached hydrogens (tertiary/aromatic N) is 6. The van der Waals surface area contributed by atoms with Gasteiger partial charge < -0.3 is 33.7 Å². The van der Waals surface area contributed by atoms with Crippen LogP contribution in [0, 0.1) is 11.3 Å². The van der Waals surface area contributed by atoms with Gasteiger partial charge >= 0.3 is 5.97 Å². The number of carbonyl (C=O) groups excluding carboxylic acids is 1. The maximum absolute atomic E-state index is 11.9. The zero-order chi connectivity index (χ0) is 33.0. The maximum Gasteiger partial charge on any atom is 0.305 e. The molecular weight excluding hydrogens is 595 g/mol. The van der Waals surface area contributed by atoms with Crippen molar-refractivity contribution in [1.82, 2.24) is 34.2 Å². The van der Waals surface area contributed by atoms with Gasteiger partial charge in [-0.2, -0.15) is 0 Å². The summed E-state index contributed by atoms with van der Waals surface area (Å²) in [5.74, 6) is 2.62. The summed E-state index contributed by atoms with van der Waals surface area (Å²) in [6.45, 7) is 24.4. The third kappa shape index (κ3) is 11.9. The Morgan fingerprint density at radius 2 is 1.72 bits per heavy atom. The minimum absolute atomic E-state index is 0.0426. The molecule has 1 unspecified atom stereocenters. The third-order valence-electron chi connectivity index (χ3n) is 9.66. The molecule has 11 heteroatoms. The fourth-order valence-electron chi connectivity index (χ4n) is 7.01. The summed E-state index contributed by atoms with van der Waals surface area (Å²) < 4.78 is 15.6. The number of aryl methyl sites for hydroxylation is 1. The second kappa shape index (κ2) is 17.9. The number of hydrogen-bond donors (Lipinski definition) is 1. The number of likely N-dealkylation sites (tertiary alicyclic amines) is 2. The summed E-state index contributed by atoms with van der Waals surface area (Å²) in [7, 11) is -1.16. The van der Waals surface area contributed by atoms with Crippen molar-refractivity contribution in [1.29, 1.82) is 0 Å². The van der Waals surface area contributed by atoms with E-state index in [1.54, 1.807) is 0 Å². The molecule has 0 aromatic carbocycles. The van der Waals surface area contributed by atoms with E-state index in [-0.39, 0.29) is 12.0 Å². The number of ether oxygens (including phenoxy) is 2. The first-order valence-corrected chi connectivity index (χ1v) is 21.7. The lowest BCUT2D eigenvalue weighted by Gasteiger charge is -2.40. The van der Waals surface area contributed by atoms with Crippen molar-refractivity contribution in [3.8, 4) is 0 Å². The van der Waals surface area contributed by atoms with E-state index < -0.39 is 8.07 Å². The Labute approximate surface area is 279 Å². The lowest BCUT2D eigenvalue weighted by molar-refractivity contribution is -0.143. The summed E-state index contributed by atoms with van der Waals surface area (Å²) in [4.78, 5) is 26.9. The molecule has 1 N–H and O–H groups in total. The second-order valence-electron chi connectivity index (χ2n) is 15.3. The van der Waals surface area contributed by atoms with Gasteiger partial charge in [0.05, 0.1) is 12.6 Å². The molecule has 2 fully saturated rings. The predicted octanol–water partition coefficient (Wildman–Crippen LogP) is 5.44. The Hall–Kier alpha value is -2.05. The summed E-state index contributed by atoms with van der Waals surface area (Å²) in [5.41, 5.74) is 0.542. The van der Waals surface area contributed by atoms with Gasteiger partial charge in [-0.3, -0.25) is 4.79 Å². The number of piperidine rings is 1. The predicted molar refractivity (Wildman–Crippen MR) is 187 cm³/mol. The van der Waals surface area contributed by atoms with Crippen LogP contribution in [0.3, 0.4) is 0 Å². The zero-order valence-corrected chi connectivity index (χ0v) is 30.8. The lowest BCUT2D eigenvalue weighted by Crippen LogP contribution is -2.42. The highest BCUT2D eigenvalue weighted by Gasteiger charge is 2.40. The first-order chi connectivity index (χ1) is 22.1. The average molecular weight is 658 g/mol. The van der Waals surface area contributed by atoms with Crippen molar-refractivity contribution in [3.05, 3.63) is 36.4 Å². The fourth-order valence-corrected chi connectivity index (χ4v) is 7.77. The molecule has 0 radical (unpaired) electrons. The number of esters is 1. The van der Waals surface area contributed by atoms with E-state index in [0.717, 1.165) is 56.1 Å². The summed E-state index contributed by atoms with van der Waals surface area (Å²) in [5, 5.41) is 3.68. The van der Waals surface area contributed by atoms with Crippen LogP contribution < -0.4 is 5.32 Å². The van der Waals surface area contributed by atoms with E-state index in [1.165, 1.54) is 52.0 Å². The monoisotopic (exact) mass is 657 g/mol. The minimum atomic E-state index is -1.16. The molecule has 2 saturated heterocycles. The lowest BCUT2D eigenvalue weighted by atomic mass is 9.77. The van der Waals surface area contributed by atoms with Crippen molar-refractivity contribution >= 4 is 14.0 Å². The van der Waals surface area contributed by atoms with Crippen LogP contribution in [-0.2, 0) is 34.0 Å². The molecule has 0 bridgehead atoms. The SMILES string of the molecule is CCOC(=O)CCCNC(Cc1nccn1CCCN1CCC2(CCN(CC(C)C)CC2)C1)c1nccn1COCC[Si](C)(C)C. The van der Waals surface area contributed by atoms with Crippen molar-refractivity contribution in [2.45, 2.75) is 111 Å². The van der Waals surface area contributed by atoms with E-state index in [2.05, 4.69) is 63.9 Å². The molecule has 0 aliphatic carbocycles. The van der Waals surface area contributed by atoms with Gasteiger partial charge in [-0.05, 0) is 89.1 Å². The highest BCUT2D eigenvalue weighted by Crippen LogP contribution is 2.40. The molecule has 4 heterocycles. The van der Waals surface area contributed by atoms with Crippen molar-refractivity contribution < 1.29 is 14.3 Å². The van der Waals surface area contributed by atoms with E-state index in [1.807, 2.05) is 25.5 Å². The van der Waals surface area contributed by atoms with E-state index >= 15 is 0 Å². The third-order valence-corrected chi connectivity index (χ3v) is 11.4. The Kier molecular flexibility index (Phi) is 14.3. The average Bonchev–Trinajstić information content (AvgIpc) is 3.74. The van der Waals surface area contributed by atoms with Gasteiger partial charge in [-0.15, -0.1) is 0 Å². The van der Waals surface area contributed by atoms with Crippen LogP contribution >= 0.6 is 0 Å². The normalized spacial score (nSPS) is 18.2. The molecule has 4 rings (SSSR count). The molecule has 2 aliphatic heterocycles. The number of nitrogens with one attached hydrogen (secondary N) is 1. The first kappa shape index (κ1) is 36.8. The quantitative estimate of drug-likeness (QED) is 0.114. The number of rotatable bonds is 20. The van der Waals surface area contributed by atoms with Crippen LogP contribution in [0.1, 0.15) is 77.0 Å². The Morgan fingerprint density at radius 1 is 1.00 bits per heavy atom. The van der Waals surface area contributed by atoms with E-state index in [4.69, 9.17) is 19.4 Å². The standard InChI is InChI=1S/C35H63N7O3Si/c1-7-45-33(43)10-8-14-36-31(34-38-16-23-42(34)29-44-24-25-46(4,5)6)26-32-37-15-22-41(32)18-9-17-40-21-13-35(28-40)11-19-39(20-12-35)27-30(2)3/h15-16,22-23,30-31,36H,7-14,17-21,24-29H2,1-6H3. The Bertz CT molecular complexity index is 1170. The first-order valence-electron chi connectivity index (χ1n) is 18.0. The Balaban J connectivity index is 1.30. The van der Waals surface area contributed by atoms with Crippen molar-refractivity contribution in [2.75, 3.05) is 59.0 Å². The fraction of sp³-hybridized carbons (Fsp3) is 0.800. The summed E-state index contributed by atoms with van der Waals surface area (Å²) in [6, 6.07) is 1.10. The van der Waals surface area contributed by atoms with Crippen molar-refractivity contribution in [3.63, 3.8) is 0 Å². The summed E-state index contributed by atoms with van der Waals surface area (Å²) in [6.07, 6.45) is 14.9.